The van der Waals surface area contributed by atoms with Crippen LogP contribution < -0.4 is 5.32 Å². The van der Waals surface area contributed by atoms with Gasteiger partial charge in [-0.2, -0.15) is 0 Å². The van der Waals surface area contributed by atoms with Crippen LogP contribution in [0, 0.1) is 5.92 Å². The van der Waals surface area contributed by atoms with Crippen molar-refractivity contribution in [3.8, 4) is 0 Å². The molecule has 0 aliphatic carbocycles. The number of ether oxygens (including phenoxy) is 1. The Hall–Kier alpha value is -1.00. The Morgan fingerprint density at radius 1 is 1.47 bits per heavy atom. The van der Waals surface area contributed by atoms with Gasteiger partial charge >= 0.3 is 0 Å². The fourth-order valence-corrected chi connectivity index (χ4v) is 2.06. The Kier molecular flexibility index (Phi) is 8.34. The third-order valence-corrected chi connectivity index (χ3v) is 3.46. The first-order valence-electron chi connectivity index (χ1n) is 6.68. The van der Waals surface area contributed by atoms with Crippen molar-refractivity contribution in [3.63, 3.8) is 0 Å². The molecule has 4 heteroatoms. The van der Waals surface area contributed by atoms with Crippen LogP contribution in [0.3, 0.4) is 0 Å². The van der Waals surface area contributed by atoms with Crippen LogP contribution in [-0.4, -0.2) is 31.0 Å². The van der Waals surface area contributed by atoms with Gasteiger partial charge in [0.25, 0.3) is 0 Å². The molecule has 2 aliphatic rings. The van der Waals surface area contributed by atoms with Gasteiger partial charge in [-0.25, -0.2) is 0 Å². The summed E-state index contributed by atoms with van der Waals surface area (Å²) in [5.74, 6) is 0.522. The third kappa shape index (κ3) is 7.23. The standard InChI is InChI=1S/C8H11NS.C7H13NO/c1-7-3-4-8(10-2)9-6-5-7;1-8-6-7-4-2-3-5-9-7/h3-7H,1-2H3;3,5,7-8H,2,4,6H2,1H3. The number of hydrogen-bond acceptors (Lipinski definition) is 4. The number of likely N-dealkylation sites (N-methyl/N-ethyl adjacent to an activating group) is 1. The van der Waals surface area contributed by atoms with E-state index in [0.29, 0.717) is 12.0 Å². The molecule has 0 fully saturated rings. The third-order valence-electron chi connectivity index (χ3n) is 2.80. The topological polar surface area (TPSA) is 33.6 Å². The zero-order valence-corrected chi connectivity index (χ0v) is 12.8. The van der Waals surface area contributed by atoms with Crippen LogP contribution in [0.5, 0.6) is 0 Å². The first-order valence-corrected chi connectivity index (χ1v) is 7.90. The van der Waals surface area contributed by atoms with Crippen molar-refractivity contribution in [2.75, 3.05) is 19.8 Å². The zero-order chi connectivity index (χ0) is 13.9. The summed E-state index contributed by atoms with van der Waals surface area (Å²) in [7, 11) is 1.95. The molecule has 106 valence electrons. The number of thioether (sulfide) groups is 1. The maximum Gasteiger partial charge on any atom is 0.110 e. The van der Waals surface area contributed by atoms with Gasteiger partial charge in [-0.15, -0.1) is 11.8 Å². The van der Waals surface area contributed by atoms with E-state index in [4.69, 9.17) is 4.74 Å². The van der Waals surface area contributed by atoms with E-state index < -0.39 is 0 Å². The molecule has 0 aromatic heterocycles. The second-order valence-electron chi connectivity index (χ2n) is 4.50. The number of hydrogen-bond donors (Lipinski definition) is 1. The van der Waals surface area contributed by atoms with E-state index in [1.54, 1.807) is 18.0 Å². The molecule has 0 spiro atoms. The van der Waals surface area contributed by atoms with Crippen molar-refractivity contribution in [1.82, 2.24) is 5.32 Å². The Morgan fingerprint density at radius 3 is 2.95 bits per heavy atom. The first kappa shape index (κ1) is 16.1. The molecular weight excluding hydrogens is 256 g/mol. The predicted molar refractivity (Wildman–Crippen MR) is 85.6 cm³/mol. The van der Waals surface area contributed by atoms with Crippen molar-refractivity contribution < 1.29 is 4.74 Å². The van der Waals surface area contributed by atoms with Crippen LogP contribution in [-0.2, 0) is 4.74 Å². The summed E-state index contributed by atoms with van der Waals surface area (Å²) in [6, 6.07) is 0. The van der Waals surface area contributed by atoms with Gasteiger partial charge in [0.1, 0.15) is 6.10 Å². The number of aliphatic imine (C=N–C) groups is 1. The Bertz CT molecular complexity index is 361. The number of rotatable bonds is 2. The van der Waals surface area contributed by atoms with E-state index in [1.807, 2.05) is 19.5 Å². The normalized spacial score (nSPS) is 24.9. The van der Waals surface area contributed by atoms with Gasteiger partial charge in [-0.3, -0.25) is 4.99 Å². The highest BCUT2D eigenvalue weighted by molar-refractivity contribution is 8.13. The molecule has 2 heterocycles. The van der Waals surface area contributed by atoms with E-state index >= 15 is 0 Å². The molecule has 0 bridgehead atoms. The molecule has 2 atom stereocenters. The maximum absolute atomic E-state index is 5.28. The molecular formula is C15H24N2OS. The largest absolute Gasteiger partial charge is 0.497 e. The van der Waals surface area contributed by atoms with Crippen LogP contribution in [0.2, 0.25) is 0 Å². The average molecular weight is 280 g/mol. The lowest BCUT2D eigenvalue weighted by Gasteiger charge is -2.18. The average Bonchev–Trinajstić information content (AvgIpc) is 2.65. The molecule has 1 N–H and O–H groups in total. The van der Waals surface area contributed by atoms with Gasteiger partial charge in [0.15, 0.2) is 0 Å². The van der Waals surface area contributed by atoms with Crippen molar-refractivity contribution in [2.24, 2.45) is 10.9 Å². The van der Waals surface area contributed by atoms with Gasteiger partial charge < -0.3 is 10.1 Å². The molecule has 0 aromatic carbocycles. The Labute approximate surface area is 120 Å². The molecule has 0 saturated heterocycles. The highest BCUT2D eigenvalue weighted by atomic mass is 32.2. The molecule has 0 saturated carbocycles. The van der Waals surface area contributed by atoms with Gasteiger partial charge in [-0.05, 0) is 44.2 Å². The lowest BCUT2D eigenvalue weighted by Crippen LogP contribution is -2.26. The molecule has 2 rings (SSSR count). The highest BCUT2D eigenvalue weighted by Gasteiger charge is 2.07. The molecule has 0 aromatic rings. The van der Waals surface area contributed by atoms with E-state index in [1.165, 1.54) is 0 Å². The molecule has 2 aliphatic heterocycles. The second-order valence-corrected chi connectivity index (χ2v) is 5.32. The SMILES string of the molecule is CNCC1CCC=CO1.CSC1=NC=CC(C)C=C1. The van der Waals surface area contributed by atoms with Gasteiger partial charge in [0.05, 0.1) is 11.3 Å². The lowest BCUT2D eigenvalue weighted by molar-refractivity contribution is 0.124. The van der Waals surface area contributed by atoms with Crippen LogP contribution in [0.1, 0.15) is 19.8 Å². The van der Waals surface area contributed by atoms with Crippen LogP contribution in [0.25, 0.3) is 0 Å². The maximum atomic E-state index is 5.28. The predicted octanol–water partition coefficient (Wildman–Crippen LogP) is 3.37. The molecule has 3 nitrogen and oxygen atoms in total. The van der Waals surface area contributed by atoms with Crippen LogP contribution >= 0.6 is 11.8 Å². The van der Waals surface area contributed by atoms with Crippen molar-refractivity contribution in [1.29, 1.82) is 0 Å². The Morgan fingerprint density at radius 2 is 2.32 bits per heavy atom. The quantitative estimate of drug-likeness (QED) is 0.842. The second kappa shape index (κ2) is 9.87. The summed E-state index contributed by atoms with van der Waals surface area (Å²) in [6.45, 7) is 3.11. The minimum atomic E-state index is 0.403. The summed E-state index contributed by atoms with van der Waals surface area (Å²) in [5, 5.41) is 4.16. The van der Waals surface area contributed by atoms with Crippen molar-refractivity contribution in [2.45, 2.75) is 25.9 Å². The van der Waals surface area contributed by atoms with Crippen molar-refractivity contribution >= 4 is 16.8 Å². The van der Waals surface area contributed by atoms with Gasteiger partial charge in [0.2, 0.25) is 0 Å². The highest BCUT2D eigenvalue weighted by Crippen LogP contribution is 2.09. The molecule has 0 amide bonds. The van der Waals surface area contributed by atoms with E-state index in [-0.39, 0.29) is 0 Å². The first-order chi connectivity index (χ1) is 9.26. The van der Waals surface area contributed by atoms with E-state index in [9.17, 15) is 0 Å². The molecule has 0 radical (unpaired) electrons. The van der Waals surface area contributed by atoms with Crippen LogP contribution in [0.15, 0.2) is 41.8 Å². The summed E-state index contributed by atoms with van der Waals surface area (Å²) >= 11 is 1.67. The summed E-state index contributed by atoms with van der Waals surface area (Å²) in [6.07, 6.45) is 16.8. The monoisotopic (exact) mass is 280 g/mol. The zero-order valence-electron chi connectivity index (χ0n) is 12.0. The van der Waals surface area contributed by atoms with Crippen LogP contribution in [0.4, 0.5) is 0 Å². The molecule has 2 unspecified atom stereocenters. The summed E-state index contributed by atoms with van der Waals surface area (Å²) in [5.41, 5.74) is 0. The minimum absolute atomic E-state index is 0.403. The van der Waals surface area contributed by atoms with E-state index in [2.05, 4.69) is 41.5 Å². The number of allylic oxidation sites excluding steroid dienone is 3. The minimum Gasteiger partial charge on any atom is -0.497 e. The fourth-order valence-electron chi connectivity index (χ4n) is 1.68. The summed E-state index contributed by atoms with van der Waals surface area (Å²) in [4.78, 5) is 4.20. The lowest BCUT2D eigenvalue weighted by atomic mass is 10.1. The van der Waals surface area contributed by atoms with E-state index in [0.717, 1.165) is 24.4 Å². The van der Waals surface area contributed by atoms with Gasteiger partial charge in [-0.1, -0.05) is 19.1 Å². The fraction of sp³-hybridized carbons (Fsp3) is 0.533. The van der Waals surface area contributed by atoms with Crippen molar-refractivity contribution in [3.05, 3.63) is 36.8 Å². The number of nitrogens with one attached hydrogen (secondary N) is 1. The Balaban J connectivity index is 0.000000191. The smallest absolute Gasteiger partial charge is 0.110 e. The number of nitrogens with zero attached hydrogens (tertiary/aromatic N) is 1. The summed E-state index contributed by atoms with van der Waals surface area (Å²) < 4.78 is 5.28. The molecule has 19 heavy (non-hydrogen) atoms. The van der Waals surface area contributed by atoms with Gasteiger partial charge in [0, 0.05) is 12.7 Å².